The van der Waals surface area contributed by atoms with Crippen LogP contribution in [0.15, 0.2) is 52.8 Å². The van der Waals surface area contributed by atoms with E-state index in [9.17, 15) is 22.8 Å². The van der Waals surface area contributed by atoms with E-state index in [2.05, 4.69) is 24.6 Å². The Morgan fingerprint density at radius 3 is 2.59 bits per heavy atom. The number of aromatic amines is 1. The zero-order valence-electron chi connectivity index (χ0n) is 20.6. The van der Waals surface area contributed by atoms with E-state index in [0.29, 0.717) is 54.2 Å². The fraction of sp³-hybridized carbons (Fsp3) is 0.280. The molecule has 39 heavy (non-hydrogen) atoms. The number of aromatic nitrogens is 5. The molecule has 202 valence electrons. The van der Waals surface area contributed by atoms with Gasteiger partial charge in [-0.05, 0) is 24.3 Å². The van der Waals surface area contributed by atoms with Gasteiger partial charge in [0.2, 0.25) is 5.91 Å². The maximum absolute atomic E-state index is 13.1. The van der Waals surface area contributed by atoms with Crippen molar-refractivity contribution in [1.82, 2.24) is 29.0 Å². The lowest BCUT2D eigenvalue weighted by Crippen LogP contribution is -2.50. The highest BCUT2D eigenvalue weighted by molar-refractivity contribution is 7.14. The summed E-state index contributed by atoms with van der Waals surface area (Å²) >= 11 is 1.42. The lowest BCUT2D eigenvalue weighted by Gasteiger charge is -2.35. The molecule has 0 bridgehead atoms. The molecule has 1 fully saturated rings. The first-order valence-corrected chi connectivity index (χ1v) is 12.9. The summed E-state index contributed by atoms with van der Waals surface area (Å²) in [6.45, 7) is 2.00. The fourth-order valence-electron chi connectivity index (χ4n) is 4.83. The van der Waals surface area contributed by atoms with E-state index in [0.717, 1.165) is 10.5 Å². The van der Waals surface area contributed by atoms with Crippen LogP contribution in [-0.4, -0.2) is 67.4 Å². The highest BCUT2D eigenvalue weighted by Crippen LogP contribution is 2.35. The van der Waals surface area contributed by atoms with E-state index in [4.69, 9.17) is 0 Å². The van der Waals surface area contributed by atoms with Crippen molar-refractivity contribution >= 4 is 44.3 Å². The maximum Gasteiger partial charge on any atom is 0.573 e. The molecule has 10 nitrogen and oxygen atoms in total. The minimum absolute atomic E-state index is 0.0367. The molecule has 4 heterocycles. The predicted octanol–water partition coefficient (Wildman–Crippen LogP) is 3.59. The van der Waals surface area contributed by atoms with Crippen LogP contribution in [0.4, 0.5) is 18.2 Å². The standard InChI is InChI=1S/C25H22F3N7O3S/c1-32-18-4-2-3-5-19(18)35(24(32)37)13-20(36)33-8-10-34(11-9-33)23-21(29-14-39-23)22-30-16-7-6-15(12-17(16)31-22)38-25(26,27)28/h2-7,12,14H,8-11,13H2,1H3,(H,30,31). The molecule has 0 radical (unpaired) electrons. The SMILES string of the molecule is Cn1c(=O)n(CC(=O)N2CCN(c3scnc3-c3nc4ccc(OC(F)(F)F)cc4[nH]3)CC2)c2ccccc21. The Hall–Kier alpha value is -4.33. The number of piperazine rings is 1. The number of aryl methyl sites for hydroxylation is 1. The van der Waals surface area contributed by atoms with Crippen LogP contribution in [0.2, 0.25) is 0 Å². The summed E-state index contributed by atoms with van der Waals surface area (Å²) in [6, 6.07) is 11.3. The van der Waals surface area contributed by atoms with Crippen molar-refractivity contribution in [3.8, 4) is 17.3 Å². The number of halogens is 3. The largest absolute Gasteiger partial charge is 0.573 e. The maximum atomic E-state index is 13.1. The van der Waals surface area contributed by atoms with Crippen molar-refractivity contribution in [2.75, 3.05) is 31.1 Å². The molecule has 0 spiro atoms. The molecule has 1 amide bonds. The highest BCUT2D eigenvalue weighted by Gasteiger charge is 2.31. The number of nitrogens with one attached hydrogen (secondary N) is 1. The normalized spacial score (nSPS) is 14.5. The van der Waals surface area contributed by atoms with Crippen LogP contribution >= 0.6 is 11.3 Å². The molecule has 0 unspecified atom stereocenters. The number of carbonyl (C=O) groups excluding carboxylic acids is 1. The van der Waals surface area contributed by atoms with E-state index in [-0.39, 0.29) is 23.9 Å². The lowest BCUT2D eigenvalue weighted by atomic mass is 10.3. The molecule has 1 aliphatic rings. The van der Waals surface area contributed by atoms with Gasteiger partial charge in [-0.3, -0.25) is 13.9 Å². The van der Waals surface area contributed by atoms with Crippen LogP contribution in [0.3, 0.4) is 0 Å². The van der Waals surface area contributed by atoms with Crippen LogP contribution in [-0.2, 0) is 18.4 Å². The van der Waals surface area contributed by atoms with Crippen molar-refractivity contribution < 1.29 is 22.7 Å². The number of nitrogens with zero attached hydrogens (tertiary/aromatic N) is 6. The third-order valence-electron chi connectivity index (χ3n) is 6.72. The number of rotatable bonds is 5. The van der Waals surface area contributed by atoms with Crippen molar-refractivity contribution in [3.05, 3.63) is 58.5 Å². The summed E-state index contributed by atoms with van der Waals surface area (Å²) in [5.41, 5.74) is 4.39. The molecule has 1 aliphatic heterocycles. The topological polar surface area (TPSA) is 101 Å². The van der Waals surface area contributed by atoms with Crippen LogP contribution in [0, 0.1) is 0 Å². The average Bonchev–Trinajstić information content (AvgIpc) is 3.61. The van der Waals surface area contributed by atoms with E-state index >= 15 is 0 Å². The first-order chi connectivity index (χ1) is 18.7. The number of anilines is 1. The Kier molecular flexibility index (Phi) is 6.05. The first-order valence-electron chi connectivity index (χ1n) is 12.0. The molecular formula is C25H22F3N7O3S. The second kappa shape index (κ2) is 9.45. The molecule has 5 aromatic rings. The number of para-hydroxylation sites is 2. The number of fused-ring (bicyclic) bond motifs is 2. The van der Waals surface area contributed by atoms with Gasteiger partial charge in [0.1, 0.15) is 23.0 Å². The van der Waals surface area contributed by atoms with Crippen molar-refractivity contribution in [3.63, 3.8) is 0 Å². The molecule has 14 heteroatoms. The van der Waals surface area contributed by atoms with Gasteiger partial charge in [-0.2, -0.15) is 0 Å². The molecule has 2 aromatic carbocycles. The van der Waals surface area contributed by atoms with Gasteiger partial charge in [-0.1, -0.05) is 12.1 Å². The van der Waals surface area contributed by atoms with E-state index < -0.39 is 6.36 Å². The van der Waals surface area contributed by atoms with Gasteiger partial charge in [0.15, 0.2) is 5.82 Å². The van der Waals surface area contributed by atoms with Crippen molar-refractivity contribution in [1.29, 1.82) is 0 Å². The second-order valence-electron chi connectivity index (χ2n) is 9.10. The Morgan fingerprint density at radius 2 is 1.85 bits per heavy atom. The number of amides is 1. The number of hydrogen-bond acceptors (Lipinski definition) is 7. The number of thiazole rings is 1. The number of hydrogen-bond donors (Lipinski definition) is 1. The molecule has 0 aliphatic carbocycles. The molecule has 3 aromatic heterocycles. The Balaban J connectivity index is 1.16. The van der Waals surface area contributed by atoms with Gasteiger partial charge in [0.25, 0.3) is 0 Å². The van der Waals surface area contributed by atoms with Gasteiger partial charge in [0.05, 0.1) is 27.6 Å². The van der Waals surface area contributed by atoms with Crippen LogP contribution < -0.4 is 15.3 Å². The molecule has 1 saturated heterocycles. The summed E-state index contributed by atoms with van der Waals surface area (Å²) in [6.07, 6.45) is -4.78. The zero-order valence-corrected chi connectivity index (χ0v) is 21.4. The molecule has 0 atom stereocenters. The van der Waals surface area contributed by atoms with Crippen LogP contribution in [0.5, 0.6) is 5.75 Å². The van der Waals surface area contributed by atoms with E-state index in [1.165, 1.54) is 38.7 Å². The van der Waals surface area contributed by atoms with Gasteiger partial charge < -0.3 is 19.5 Å². The fourth-order valence-corrected chi connectivity index (χ4v) is 5.69. The van der Waals surface area contributed by atoms with E-state index in [1.54, 1.807) is 17.5 Å². The second-order valence-corrected chi connectivity index (χ2v) is 9.94. The van der Waals surface area contributed by atoms with Crippen molar-refractivity contribution in [2.24, 2.45) is 7.05 Å². The van der Waals surface area contributed by atoms with Gasteiger partial charge >= 0.3 is 12.1 Å². The zero-order chi connectivity index (χ0) is 27.3. The first kappa shape index (κ1) is 25.0. The minimum Gasteiger partial charge on any atom is -0.406 e. The lowest BCUT2D eigenvalue weighted by molar-refractivity contribution is -0.274. The minimum atomic E-state index is -4.78. The third-order valence-corrected chi connectivity index (χ3v) is 7.61. The summed E-state index contributed by atoms with van der Waals surface area (Å²) in [4.78, 5) is 41.6. The number of benzene rings is 2. The number of alkyl halides is 3. The predicted molar refractivity (Wildman–Crippen MR) is 140 cm³/mol. The molecule has 1 N–H and O–H groups in total. The van der Waals surface area contributed by atoms with Crippen molar-refractivity contribution in [2.45, 2.75) is 12.9 Å². The van der Waals surface area contributed by atoms with Gasteiger partial charge in [0, 0.05) is 39.3 Å². The van der Waals surface area contributed by atoms with Crippen LogP contribution in [0.25, 0.3) is 33.6 Å². The summed E-state index contributed by atoms with van der Waals surface area (Å²) in [7, 11) is 1.69. The monoisotopic (exact) mass is 557 g/mol. The number of ether oxygens (including phenoxy) is 1. The van der Waals surface area contributed by atoms with Gasteiger partial charge in [-0.25, -0.2) is 14.8 Å². The molecular weight excluding hydrogens is 535 g/mol. The average molecular weight is 558 g/mol. The number of imidazole rings is 2. The number of carbonyl (C=O) groups is 1. The summed E-state index contributed by atoms with van der Waals surface area (Å²) < 4.78 is 44.8. The molecule has 6 rings (SSSR count). The summed E-state index contributed by atoms with van der Waals surface area (Å²) in [5, 5.41) is 0.846. The Bertz CT molecular complexity index is 1750. The Labute approximate surface area is 222 Å². The highest BCUT2D eigenvalue weighted by atomic mass is 32.1. The molecule has 0 saturated carbocycles. The Morgan fingerprint density at radius 1 is 1.10 bits per heavy atom. The quantitative estimate of drug-likeness (QED) is 0.355. The number of H-pyrrole nitrogens is 1. The van der Waals surface area contributed by atoms with Gasteiger partial charge in [-0.15, -0.1) is 24.5 Å². The van der Waals surface area contributed by atoms with Crippen LogP contribution in [0.1, 0.15) is 0 Å². The third kappa shape index (κ3) is 4.71. The summed E-state index contributed by atoms with van der Waals surface area (Å²) in [5.74, 6) is -0.0405. The van der Waals surface area contributed by atoms with E-state index in [1.807, 2.05) is 24.3 Å². The smallest absolute Gasteiger partial charge is 0.406 e.